The monoisotopic (exact) mass is 443 g/mol. The Morgan fingerprint density at radius 1 is 1.06 bits per heavy atom. The molecule has 1 amide bonds. The third-order valence-electron chi connectivity index (χ3n) is 5.76. The highest BCUT2D eigenvalue weighted by Crippen LogP contribution is 2.22. The van der Waals surface area contributed by atoms with Crippen LogP contribution in [0.5, 0.6) is 0 Å². The van der Waals surface area contributed by atoms with Gasteiger partial charge in [-0.1, -0.05) is 42.8 Å². The van der Waals surface area contributed by atoms with E-state index in [1.54, 1.807) is 25.1 Å². The normalized spacial score (nSPS) is 16.0. The molecule has 2 aromatic rings. The molecule has 1 atom stereocenters. The molecule has 1 fully saturated rings. The first-order chi connectivity index (χ1) is 14.8. The Kier molecular flexibility index (Phi) is 7.73. The first-order valence-corrected chi connectivity index (χ1v) is 12.7. The Morgan fingerprint density at radius 3 is 2.39 bits per heavy atom. The van der Waals surface area contributed by atoms with E-state index >= 15 is 0 Å². The lowest BCUT2D eigenvalue weighted by Crippen LogP contribution is -2.47. The van der Waals surface area contributed by atoms with Crippen LogP contribution >= 0.6 is 0 Å². The van der Waals surface area contributed by atoms with Gasteiger partial charge in [0.2, 0.25) is 15.9 Å². The predicted molar refractivity (Wildman–Crippen MR) is 125 cm³/mol. The minimum Gasteiger partial charge on any atom is -0.350 e. The van der Waals surface area contributed by atoms with Crippen molar-refractivity contribution in [1.29, 1.82) is 0 Å². The van der Waals surface area contributed by atoms with Crippen molar-refractivity contribution in [3.63, 3.8) is 0 Å². The fraction of sp³-hybridized carbons (Fsp3) is 0.458. The standard InChI is InChI=1S/C24H33N3O3S/c1-19-10-9-13-23(16-19)27(31(3,29)30)20(2)24(28)25-17-21-11-5-6-12-22(21)18-26-14-7-4-8-15-26/h5-6,9-13,16,20H,4,7-8,14-15,17-18H2,1-3H3,(H,25,28)/t20-/m0/s1. The number of anilines is 1. The minimum atomic E-state index is -3.62. The zero-order chi connectivity index (χ0) is 22.4. The van der Waals surface area contributed by atoms with Crippen LogP contribution in [0.15, 0.2) is 48.5 Å². The van der Waals surface area contributed by atoms with E-state index in [-0.39, 0.29) is 5.91 Å². The van der Waals surface area contributed by atoms with E-state index in [0.29, 0.717) is 12.2 Å². The second kappa shape index (κ2) is 10.3. The van der Waals surface area contributed by atoms with Crippen LogP contribution in [0.1, 0.15) is 42.9 Å². The molecule has 168 valence electrons. The van der Waals surface area contributed by atoms with Crippen LogP contribution in [0.25, 0.3) is 0 Å². The highest BCUT2D eigenvalue weighted by atomic mass is 32.2. The van der Waals surface area contributed by atoms with Gasteiger partial charge in [-0.25, -0.2) is 8.42 Å². The second-order valence-corrected chi connectivity index (χ2v) is 10.3. The van der Waals surface area contributed by atoms with Crippen molar-refractivity contribution in [2.45, 2.75) is 52.2 Å². The number of carbonyl (C=O) groups excluding carboxylic acids is 1. The number of hydrogen-bond acceptors (Lipinski definition) is 4. The maximum Gasteiger partial charge on any atom is 0.243 e. The fourth-order valence-electron chi connectivity index (χ4n) is 4.15. The number of piperidine rings is 1. The van der Waals surface area contributed by atoms with Crippen LogP contribution in [-0.4, -0.2) is 44.6 Å². The fourth-order valence-corrected chi connectivity index (χ4v) is 5.31. The van der Waals surface area contributed by atoms with Crippen molar-refractivity contribution in [1.82, 2.24) is 10.2 Å². The average Bonchev–Trinajstić information content (AvgIpc) is 2.73. The average molecular weight is 444 g/mol. The van der Waals surface area contributed by atoms with Crippen LogP contribution in [0.4, 0.5) is 5.69 Å². The molecule has 7 heteroatoms. The molecule has 3 rings (SSSR count). The number of carbonyl (C=O) groups is 1. The summed E-state index contributed by atoms with van der Waals surface area (Å²) < 4.78 is 26.1. The summed E-state index contributed by atoms with van der Waals surface area (Å²) in [6.45, 7) is 6.99. The van der Waals surface area contributed by atoms with Gasteiger partial charge in [0.15, 0.2) is 0 Å². The van der Waals surface area contributed by atoms with Gasteiger partial charge in [0.05, 0.1) is 11.9 Å². The smallest absolute Gasteiger partial charge is 0.243 e. The van der Waals surface area contributed by atoms with Crippen molar-refractivity contribution >= 4 is 21.6 Å². The van der Waals surface area contributed by atoms with Crippen LogP contribution in [-0.2, 0) is 27.9 Å². The summed E-state index contributed by atoms with van der Waals surface area (Å²) in [6, 6.07) is 14.5. The molecule has 0 unspecified atom stereocenters. The number of aryl methyl sites for hydroxylation is 1. The van der Waals surface area contributed by atoms with E-state index < -0.39 is 16.1 Å². The maximum absolute atomic E-state index is 12.9. The summed E-state index contributed by atoms with van der Waals surface area (Å²) in [7, 11) is -3.62. The maximum atomic E-state index is 12.9. The highest BCUT2D eigenvalue weighted by molar-refractivity contribution is 7.92. The highest BCUT2D eigenvalue weighted by Gasteiger charge is 2.29. The van der Waals surface area contributed by atoms with E-state index in [2.05, 4.69) is 16.3 Å². The van der Waals surface area contributed by atoms with Gasteiger partial charge in [-0.15, -0.1) is 0 Å². The molecule has 0 aliphatic carbocycles. The van der Waals surface area contributed by atoms with Gasteiger partial charge in [-0.05, 0) is 68.6 Å². The van der Waals surface area contributed by atoms with Crippen LogP contribution in [0.3, 0.4) is 0 Å². The number of sulfonamides is 1. The summed E-state index contributed by atoms with van der Waals surface area (Å²) >= 11 is 0. The minimum absolute atomic E-state index is 0.320. The van der Waals surface area contributed by atoms with Gasteiger partial charge in [0, 0.05) is 13.1 Å². The molecule has 2 aromatic carbocycles. The second-order valence-electron chi connectivity index (χ2n) is 8.40. The van der Waals surface area contributed by atoms with Crippen LogP contribution in [0, 0.1) is 6.92 Å². The van der Waals surface area contributed by atoms with E-state index in [0.717, 1.165) is 37.0 Å². The van der Waals surface area contributed by atoms with Gasteiger partial charge in [0.25, 0.3) is 0 Å². The molecule has 31 heavy (non-hydrogen) atoms. The molecule has 1 N–H and O–H groups in total. The topological polar surface area (TPSA) is 69.7 Å². The summed E-state index contributed by atoms with van der Waals surface area (Å²) in [5.41, 5.74) is 3.70. The number of hydrogen-bond donors (Lipinski definition) is 1. The number of nitrogens with one attached hydrogen (secondary N) is 1. The first kappa shape index (κ1) is 23.3. The van der Waals surface area contributed by atoms with E-state index in [1.807, 2.05) is 31.2 Å². The van der Waals surface area contributed by atoms with Crippen molar-refractivity contribution < 1.29 is 13.2 Å². The van der Waals surface area contributed by atoms with Gasteiger partial charge >= 0.3 is 0 Å². The lowest BCUT2D eigenvalue weighted by Gasteiger charge is -2.29. The zero-order valence-electron chi connectivity index (χ0n) is 18.7. The Balaban J connectivity index is 1.71. The quantitative estimate of drug-likeness (QED) is 0.678. The summed E-state index contributed by atoms with van der Waals surface area (Å²) in [6.07, 6.45) is 4.89. The molecule has 1 saturated heterocycles. The van der Waals surface area contributed by atoms with Crippen molar-refractivity contribution in [3.05, 3.63) is 65.2 Å². The third kappa shape index (κ3) is 6.31. The number of likely N-dealkylation sites (tertiary alicyclic amines) is 1. The molecule has 0 aromatic heterocycles. The third-order valence-corrected chi connectivity index (χ3v) is 7.00. The molecule has 1 aliphatic heterocycles. The van der Waals surface area contributed by atoms with Gasteiger partial charge < -0.3 is 5.32 Å². The van der Waals surface area contributed by atoms with E-state index in [1.165, 1.54) is 29.1 Å². The molecule has 1 heterocycles. The summed E-state index contributed by atoms with van der Waals surface area (Å²) in [4.78, 5) is 15.4. The lowest BCUT2D eigenvalue weighted by molar-refractivity contribution is -0.122. The van der Waals surface area contributed by atoms with E-state index in [9.17, 15) is 13.2 Å². The molecule has 0 saturated carbocycles. The van der Waals surface area contributed by atoms with Crippen LogP contribution < -0.4 is 9.62 Å². The number of benzene rings is 2. The SMILES string of the molecule is Cc1cccc(N([C@@H](C)C(=O)NCc2ccccc2CN2CCCCC2)S(C)(=O)=O)c1. The molecule has 0 spiro atoms. The number of rotatable bonds is 8. The summed E-state index contributed by atoms with van der Waals surface area (Å²) in [5.74, 6) is -0.320. The molecule has 1 aliphatic rings. The van der Waals surface area contributed by atoms with Gasteiger partial charge in [0.1, 0.15) is 6.04 Å². The number of amides is 1. The molecular weight excluding hydrogens is 410 g/mol. The van der Waals surface area contributed by atoms with Gasteiger partial charge in [-0.3, -0.25) is 14.0 Å². The largest absolute Gasteiger partial charge is 0.350 e. The van der Waals surface area contributed by atoms with Crippen molar-refractivity contribution in [2.75, 3.05) is 23.7 Å². The first-order valence-electron chi connectivity index (χ1n) is 10.9. The van der Waals surface area contributed by atoms with Crippen LogP contribution in [0.2, 0.25) is 0 Å². The van der Waals surface area contributed by atoms with E-state index in [4.69, 9.17) is 0 Å². The Hall–Kier alpha value is -2.38. The van der Waals surface area contributed by atoms with Crippen molar-refractivity contribution in [2.24, 2.45) is 0 Å². The van der Waals surface area contributed by atoms with Crippen molar-refractivity contribution in [3.8, 4) is 0 Å². The zero-order valence-corrected chi connectivity index (χ0v) is 19.5. The molecule has 0 radical (unpaired) electrons. The molecule has 0 bridgehead atoms. The Labute approximate surface area is 186 Å². The molecular formula is C24H33N3O3S. The van der Waals surface area contributed by atoms with Gasteiger partial charge in [-0.2, -0.15) is 0 Å². The summed E-state index contributed by atoms with van der Waals surface area (Å²) in [5, 5.41) is 2.95. The Morgan fingerprint density at radius 2 is 1.74 bits per heavy atom. The number of nitrogens with zero attached hydrogens (tertiary/aromatic N) is 2. The lowest BCUT2D eigenvalue weighted by atomic mass is 10.0. The predicted octanol–water partition coefficient (Wildman–Crippen LogP) is 3.45. The Bertz CT molecular complexity index is 1000. The molecule has 6 nitrogen and oxygen atoms in total.